The number of hydrogen-bond acceptors (Lipinski definition) is 3. The molecule has 1 aromatic heterocycles. The van der Waals surface area contributed by atoms with Gasteiger partial charge in [0.15, 0.2) is 0 Å². The summed E-state index contributed by atoms with van der Waals surface area (Å²) in [5, 5.41) is 4.35. The second-order valence-electron chi connectivity index (χ2n) is 4.45. The molecule has 0 saturated carbocycles. The summed E-state index contributed by atoms with van der Waals surface area (Å²) in [6.45, 7) is 5.22. The molecular weight excluding hydrogens is 273 g/mol. The molecule has 0 N–H and O–H groups in total. The zero-order valence-electron chi connectivity index (χ0n) is 10.9. The summed E-state index contributed by atoms with van der Waals surface area (Å²) in [5.41, 5.74) is 2.31. The highest BCUT2D eigenvalue weighted by Crippen LogP contribution is 2.29. The Balaban J connectivity index is 1.76. The van der Waals surface area contributed by atoms with Crippen LogP contribution in [-0.2, 0) is 13.1 Å². The summed E-state index contributed by atoms with van der Waals surface area (Å²) in [6.07, 6.45) is 7.77. The number of aromatic nitrogens is 2. The van der Waals surface area contributed by atoms with Crippen LogP contribution in [-0.4, -0.2) is 14.1 Å². The Kier molecular flexibility index (Phi) is 3.60. The fourth-order valence-corrected chi connectivity index (χ4v) is 2.91. The summed E-state index contributed by atoms with van der Waals surface area (Å²) in [6, 6.07) is 6.52. The highest BCUT2D eigenvalue weighted by atomic mass is 32.2. The molecular formula is C15H14FN3S. The number of halogens is 1. The fraction of sp³-hybridized carbons (Fsp3) is 0.133. The van der Waals surface area contributed by atoms with Crippen LogP contribution in [0.25, 0.3) is 6.08 Å². The predicted octanol–water partition coefficient (Wildman–Crippen LogP) is 3.70. The molecule has 3 nitrogen and oxygen atoms in total. The first kappa shape index (κ1) is 13.0. The molecule has 0 saturated heterocycles. The smallest absolute Gasteiger partial charge is 0.123 e. The molecule has 2 heterocycles. The zero-order chi connectivity index (χ0) is 13.9. The van der Waals surface area contributed by atoms with Crippen LogP contribution in [0.15, 0.2) is 54.2 Å². The average molecular weight is 287 g/mol. The number of benzene rings is 1. The molecule has 1 aliphatic heterocycles. The van der Waals surface area contributed by atoms with E-state index in [1.807, 2.05) is 29.2 Å². The number of allylic oxidation sites excluding steroid dienone is 1. The fourth-order valence-electron chi connectivity index (χ4n) is 2.07. The standard InChI is InChI=1S/C15H14FN3S/c1-2-8-19-15-11-18(9-7-12(15)10-17-19)20-14-5-3-13(16)4-6-14/h2-7,9-10H,1,8,11H2. The minimum Gasteiger partial charge on any atom is -0.313 e. The van der Waals surface area contributed by atoms with Crippen LogP contribution >= 0.6 is 11.9 Å². The van der Waals surface area contributed by atoms with Crippen molar-refractivity contribution in [1.82, 2.24) is 14.1 Å². The van der Waals surface area contributed by atoms with Gasteiger partial charge in [0.2, 0.25) is 0 Å². The largest absolute Gasteiger partial charge is 0.313 e. The van der Waals surface area contributed by atoms with Crippen molar-refractivity contribution in [3.8, 4) is 0 Å². The van der Waals surface area contributed by atoms with Gasteiger partial charge in [-0.05, 0) is 42.3 Å². The molecule has 1 aliphatic rings. The van der Waals surface area contributed by atoms with E-state index in [2.05, 4.69) is 16.0 Å². The quantitative estimate of drug-likeness (QED) is 0.632. The first-order valence-corrected chi connectivity index (χ1v) is 7.07. The van der Waals surface area contributed by atoms with Crippen molar-refractivity contribution in [2.45, 2.75) is 18.0 Å². The maximum Gasteiger partial charge on any atom is 0.123 e. The van der Waals surface area contributed by atoms with Gasteiger partial charge in [0.1, 0.15) is 5.82 Å². The zero-order valence-corrected chi connectivity index (χ0v) is 11.7. The molecule has 20 heavy (non-hydrogen) atoms. The van der Waals surface area contributed by atoms with E-state index in [0.717, 1.165) is 17.0 Å². The molecule has 0 bridgehead atoms. The third-order valence-corrected chi connectivity index (χ3v) is 4.01. The summed E-state index contributed by atoms with van der Waals surface area (Å²) >= 11 is 1.58. The lowest BCUT2D eigenvalue weighted by molar-refractivity contribution is 0.549. The van der Waals surface area contributed by atoms with Gasteiger partial charge in [-0.3, -0.25) is 4.68 Å². The van der Waals surface area contributed by atoms with Crippen LogP contribution in [0.5, 0.6) is 0 Å². The summed E-state index contributed by atoms with van der Waals surface area (Å²) < 4.78 is 17.0. The van der Waals surface area contributed by atoms with E-state index in [-0.39, 0.29) is 5.82 Å². The second-order valence-corrected chi connectivity index (χ2v) is 5.58. The lowest BCUT2D eigenvalue weighted by atomic mass is 10.2. The van der Waals surface area contributed by atoms with Gasteiger partial charge in [0.05, 0.1) is 25.0 Å². The van der Waals surface area contributed by atoms with Crippen molar-refractivity contribution in [1.29, 1.82) is 0 Å². The van der Waals surface area contributed by atoms with Crippen LogP contribution in [0.4, 0.5) is 4.39 Å². The van der Waals surface area contributed by atoms with E-state index in [0.29, 0.717) is 6.54 Å². The first-order chi connectivity index (χ1) is 9.76. The van der Waals surface area contributed by atoms with Gasteiger partial charge in [-0.15, -0.1) is 6.58 Å². The third kappa shape index (κ3) is 2.63. The van der Waals surface area contributed by atoms with E-state index in [1.165, 1.54) is 17.8 Å². The van der Waals surface area contributed by atoms with Crippen molar-refractivity contribution in [2.24, 2.45) is 0 Å². The van der Waals surface area contributed by atoms with Gasteiger partial charge in [-0.25, -0.2) is 4.39 Å². The first-order valence-electron chi connectivity index (χ1n) is 6.30. The summed E-state index contributed by atoms with van der Waals surface area (Å²) in [7, 11) is 0. The topological polar surface area (TPSA) is 21.1 Å². The Bertz CT molecular complexity index is 646. The third-order valence-electron chi connectivity index (χ3n) is 3.05. The van der Waals surface area contributed by atoms with E-state index >= 15 is 0 Å². The van der Waals surface area contributed by atoms with Gasteiger partial charge in [0.25, 0.3) is 0 Å². The average Bonchev–Trinajstić information content (AvgIpc) is 2.85. The van der Waals surface area contributed by atoms with Crippen molar-refractivity contribution in [2.75, 3.05) is 0 Å². The summed E-state index contributed by atoms with van der Waals surface area (Å²) in [5.74, 6) is -0.213. The van der Waals surface area contributed by atoms with Crippen molar-refractivity contribution >= 4 is 18.0 Å². The van der Waals surface area contributed by atoms with Crippen molar-refractivity contribution in [3.63, 3.8) is 0 Å². The molecule has 0 unspecified atom stereocenters. The van der Waals surface area contributed by atoms with Crippen LogP contribution in [0.2, 0.25) is 0 Å². The molecule has 0 amide bonds. The van der Waals surface area contributed by atoms with E-state index in [9.17, 15) is 4.39 Å². The van der Waals surface area contributed by atoms with Gasteiger partial charge in [-0.1, -0.05) is 6.08 Å². The number of nitrogens with zero attached hydrogens (tertiary/aromatic N) is 3. The Labute approximate surface area is 121 Å². The highest BCUT2D eigenvalue weighted by molar-refractivity contribution is 7.97. The maximum absolute atomic E-state index is 12.9. The Hall–Kier alpha value is -2.01. The van der Waals surface area contributed by atoms with Gasteiger partial charge >= 0.3 is 0 Å². The number of fused-ring (bicyclic) bond motifs is 1. The molecule has 102 valence electrons. The lowest BCUT2D eigenvalue weighted by Gasteiger charge is -2.23. The highest BCUT2D eigenvalue weighted by Gasteiger charge is 2.16. The van der Waals surface area contributed by atoms with E-state index in [4.69, 9.17) is 0 Å². The van der Waals surface area contributed by atoms with Crippen molar-refractivity contribution in [3.05, 3.63) is 66.4 Å². The number of hydrogen-bond donors (Lipinski definition) is 0. The van der Waals surface area contributed by atoms with Crippen molar-refractivity contribution < 1.29 is 4.39 Å². The van der Waals surface area contributed by atoms with Gasteiger partial charge < -0.3 is 4.31 Å². The monoisotopic (exact) mass is 287 g/mol. The number of rotatable bonds is 4. The minimum atomic E-state index is -0.213. The van der Waals surface area contributed by atoms with Crippen LogP contribution in [0.3, 0.4) is 0 Å². The van der Waals surface area contributed by atoms with Crippen LogP contribution in [0, 0.1) is 5.82 Å². The molecule has 0 spiro atoms. The van der Waals surface area contributed by atoms with Crippen LogP contribution in [0.1, 0.15) is 11.3 Å². The van der Waals surface area contributed by atoms with E-state index in [1.54, 1.807) is 24.1 Å². The molecule has 0 aliphatic carbocycles. The maximum atomic E-state index is 12.9. The van der Waals surface area contributed by atoms with Gasteiger partial charge in [0, 0.05) is 16.7 Å². The summed E-state index contributed by atoms with van der Waals surface area (Å²) in [4.78, 5) is 1.01. The molecule has 2 aromatic rings. The molecule has 0 radical (unpaired) electrons. The SMILES string of the molecule is C=CCn1ncc2c1CN(Sc1ccc(F)cc1)C=C2. The molecule has 3 rings (SSSR count). The Morgan fingerprint density at radius 3 is 2.90 bits per heavy atom. The Morgan fingerprint density at radius 2 is 2.15 bits per heavy atom. The second kappa shape index (κ2) is 5.54. The van der Waals surface area contributed by atoms with E-state index < -0.39 is 0 Å². The lowest BCUT2D eigenvalue weighted by Crippen LogP contribution is -2.16. The molecule has 0 fully saturated rings. The normalized spacial score (nSPS) is 13.3. The minimum absolute atomic E-state index is 0.213. The molecule has 0 atom stereocenters. The Morgan fingerprint density at radius 1 is 1.35 bits per heavy atom. The van der Waals surface area contributed by atoms with Crippen LogP contribution < -0.4 is 0 Å². The molecule has 1 aromatic carbocycles. The molecule has 5 heteroatoms. The van der Waals surface area contributed by atoms with Gasteiger partial charge in [-0.2, -0.15) is 5.10 Å². The predicted molar refractivity (Wildman–Crippen MR) is 79.3 cm³/mol.